The topological polar surface area (TPSA) is 106 Å². The second-order valence-electron chi connectivity index (χ2n) is 10.1. The number of carbonyl (C=O) groups excluding carboxylic acids is 1. The Balaban J connectivity index is 1.45. The first-order chi connectivity index (χ1) is 20.2. The SMILES string of the molecule is C#CCc1ccc(OC(F)F)c(Cn2c3cc(-c4cnc(N5CCN(C(=O)CO)C[C@H]5C)nc4)ccc3c(=O)n2C)c1. The molecule has 0 bridgehead atoms. The molecule has 4 aromatic rings. The maximum absolute atomic E-state index is 13.1. The second kappa shape index (κ2) is 12.0. The van der Waals surface area contributed by atoms with Crippen LogP contribution in [0.1, 0.15) is 18.1 Å². The van der Waals surface area contributed by atoms with Crippen LogP contribution in [0.5, 0.6) is 5.75 Å². The Bertz CT molecular complexity index is 1710. The maximum atomic E-state index is 13.1. The van der Waals surface area contributed by atoms with E-state index in [0.717, 1.165) is 16.7 Å². The van der Waals surface area contributed by atoms with Gasteiger partial charge in [0.2, 0.25) is 11.9 Å². The van der Waals surface area contributed by atoms with E-state index in [1.54, 1.807) is 47.2 Å². The standard InChI is InChI=1S/C30H30F2N6O4/c1-4-5-20-6-9-26(42-29(31)32)22(12-20)17-38-25-13-21(7-8-24(25)28(41)35(38)3)23-14-33-30(34-15-23)37-11-10-36(16-19(37)2)27(40)18-39/h1,6-9,12-15,19,29,39H,5,10-11,16-18H2,2-3H3/t19-/m1/s1. The first-order valence-electron chi connectivity index (χ1n) is 13.4. The summed E-state index contributed by atoms with van der Waals surface area (Å²) in [6, 6.07) is 10.2. The van der Waals surface area contributed by atoms with Gasteiger partial charge in [-0.1, -0.05) is 12.1 Å². The lowest BCUT2D eigenvalue weighted by Gasteiger charge is -2.39. The molecule has 12 heteroatoms. The highest BCUT2D eigenvalue weighted by Gasteiger charge is 2.28. The number of ether oxygens (including phenoxy) is 1. The Morgan fingerprint density at radius 2 is 1.93 bits per heavy atom. The third-order valence-corrected chi connectivity index (χ3v) is 7.47. The van der Waals surface area contributed by atoms with Crippen LogP contribution in [0.15, 0.2) is 53.6 Å². The third-order valence-electron chi connectivity index (χ3n) is 7.47. The van der Waals surface area contributed by atoms with Gasteiger partial charge in [0.15, 0.2) is 0 Å². The molecule has 2 aromatic carbocycles. The minimum absolute atomic E-state index is 0.0102. The number of aromatic nitrogens is 4. The number of nitrogens with zero attached hydrogens (tertiary/aromatic N) is 6. The largest absolute Gasteiger partial charge is 0.434 e. The van der Waals surface area contributed by atoms with Gasteiger partial charge in [-0.05, 0) is 42.3 Å². The van der Waals surface area contributed by atoms with Gasteiger partial charge in [-0.15, -0.1) is 12.3 Å². The Labute approximate surface area is 240 Å². The number of halogens is 2. The van der Waals surface area contributed by atoms with Crippen molar-refractivity contribution in [2.75, 3.05) is 31.1 Å². The molecule has 218 valence electrons. The van der Waals surface area contributed by atoms with E-state index >= 15 is 0 Å². The molecule has 1 aliphatic heterocycles. The van der Waals surface area contributed by atoms with Gasteiger partial charge in [0.1, 0.15) is 12.4 Å². The number of piperazine rings is 1. The van der Waals surface area contributed by atoms with Gasteiger partial charge >= 0.3 is 6.61 Å². The molecular weight excluding hydrogens is 546 g/mol. The van der Waals surface area contributed by atoms with Gasteiger partial charge in [-0.25, -0.2) is 9.97 Å². The molecule has 0 unspecified atom stereocenters. The molecule has 1 aliphatic rings. The van der Waals surface area contributed by atoms with E-state index in [1.165, 1.54) is 10.7 Å². The fraction of sp³-hybridized carbons (Fsp3) is 0.333. The number of aliphatic hydroxyl groups is 1. The van der Waals surface area contributed by atoms with Crippen LogP contribution in [-0.2, 0) is 24.8 Å². The lowest BCUT2D eigenvalue weighted by molar-refractivity contribution is -0.134. The van der Waals surface area contributed by atoms with Crippen LogP contribution in [-0.4, -0.2) is 74.1 Å². The van der Waals surface area contributed by atoms with Crippen LogP contribution in [0.4, 0.5) is 14.7 Å². The average Bonchev–Trinajstić information content (AvgIpc) is 3.22. The summed E-state index contributed by atoms with van der Waals surface area (Å²) in [6.07, 6.45) is 9.17. The molecular formula is C30H30F2N6O4. The van der Waals surface area contributed by atoms with Crippen molar-refractivity contribution in [3.05, 3.63) is 70.3 Å². The quantitative estimate of drug-likeness (QED) is 0.322. The van der Waals surface area contributed by atoms with Crippen LogP contribution < -0.4 is 15.2 Å². The molecule has 1 fully saturated rings. The zero-order valence-electron chi connectivity index (χ0n) is 23.2. The van der Waals surface area contributed by atoms with Crippen molar-refractivity contribution in [3.63, 3.8) is 0 Å². The van der Waals surface area contributed by atoms with Crippen LogP contribution in [0.2, 0.25) is 0 Å². The molecule has 42 heavy (non-hydrogen) atoms. The van der Waals surface area contributed by atoms with Crippen molar-refractivity contribution >= 4 is 22.8 Å². The monoisotopic (exact) mass is 576 g/mol. The number of alkyl halides is 2. The van der Waals surface area contributed by atoms with E-state index in [-0.39, 0.29) is 29.8 Å². The summed E-state index contributed by atoms with van der Waals surface area (Å²) in [5.41, 5.74) is 3.10. The minimum Gasteiger partial charge on any atom is -0.434 e. The Morgan fingerprint density at radius 1 is 1.17 bits per heavy atom. The summed E-state index contributed by atoms with van der Waals surface area (Å²) < 4.78 is 34.2. The number of rotatable bonds is 8. The smallest absolute Gasteiger partial charge is 0.387 e. The first kappa shape index (κ1) is 28.8. The number of terminal acetylenes is 1. The van der Waals surface area contributed by atoms with Gasteiger partial charge in [0, 0.05) is 62.7 Å². The summed E-state index contributed by atoms with van der Waals surface area (Å²) in [5, 5.41) is 9.62. The molecule has 5 rings (SSSR count). The highest BCUT2D eigenvalue weighted by Crippen LogP contribution is 2.28. The molecule has 3 heterocycles. The highest BCUT2D eigenvalue weighted by atomic mass is 19.3. The van der Waals surface area contributed by atoms with Gasteiger partial charge < -0.3 is 19.6 Å². The lowest BCUT2D eigenvalue weighted by atomic mass is 10.1. The van der Waals surface area contributed by atoms with Gasteiger partial charge in [0.05, 0.1) is 17.4 Å². The summed E-state index contributed by atoms with van der Waals surface area (Å²) in [6.45, 7) is 0.00878. The van der Waals surface area contributed by atoms with Crippen molar-refractivity contribution in [1.82, 2.24) is 24.2 Å². The highest BCUT2D eigenvalue weighted by molar-refractivity contribution is 5.84. The fourth-order valence-electron chi connectivity index (χ4n) is 5.30. The van der Waals surface area contributed by atoms with Crippen LogP contribution in [0.3, 0.4) is 0 Å². The van der Waals surface area contributed by atoms with Crippen LogP contribution in [0.25, 0.3) is 22.0 Å². The summed E-state index contributed by atoms with van der Waals surface area (Å²) >= 11 is 0. The Morgan fingerprint density at radius 3 is 2.60 bits per heavy atom. The molecule has 0 spiro atoms. The molecule has 1 saturated heterocycles. The molecule has 0 radical (unpaired) electrons. The summed E-state index contributed by atoms with van der Waals surface area (Å²) in [5.74, 6) is 2.79. The van der Waals surface area contributed by atoms with Crippen molar-refractivity contribution in [2.45, 2.75) is 32.5 Å². The second-order valence-corrected chi connectivity index (χ2v) is 10.1. The average molecular weight is 577 g/mol. The molecule has 2 aromatic heterocycles. The van der Waals surface area contributed by atoms with Crippen LogP contribution in [0, 0.1) is 12.3 Å². The number of fused-ring (bicyclic) bond motifs is 1. The summed E-state index contributed by atoms with van der Waals surface area (Å²) in [7, 11) is 1.62. The summed E-state index contributed by atoms with van der Waals surface area (Å²) in [4.78, 5) is 37.7. The van der Waals surface area contributed by atoms with Crippen molar-refractivity contribution in [1.29, 1.82) is 0 Å². The van der Waals surface area contributed by atoms with Gasteiger partial charge in [0.25, 0.3) is 5.56 Å². The Hall–Kier alpha value is -4.76. The van der Waals surface area contributed by atoms with E-state index in [1.807, 2.05) is 24.0 Å². The van der Waals surface area contributed by atoms with Crippen molar-refractivity contribution in [2.24, 2.45) is 7.05 Å². The Kier molecular flexibility index (Phi) is 8.22. The predicted octanol–water partition coefficient (Wildman–Crippen LogP) is 2.65. The van der Waals surface area contributed by atoms with Gasteiger partial charge in [-0.3, -0.25) is 19.0 Å². The number of hydrogen-bond acceptors (Lipinski definition) is 7. The zero-order chi connectivity index (χ0) is 30.0. The molecule has 1 N–H and O–H groups in total. The molecule has 0 saturated carbocycles. The fourth-order valence-corrected chi connectivity index (χ4v) is 5.30. The molecule has 1 atom stereocenters. The maximum Gasteiger partial charge on any atom is 0.387 e. The van der Waals surface area contributed by atoms with Crippen LogP contribution >= 0.6 is 0 Å². The number of anilines is 1. The minimum atomic E-state index is -3.00. The third kappa shape index (κ3) is 5.69. The number of hydrogen-bond donors (Lipinski definition) is 1. The van der Waals surface area contributed by atoms with E-state index < -0.39 is 13.2 Å². The molecule has 10 nitrogen and oxygen atoms in total. The van der Waals surface area contributed by atoms with E-state index in [9.17, 15) is 18.4 Å². The van der Waals surface area contributed by atoms with Gasteiger partial charge in [-0.2, -0.15) is 8.78 Å². The molecule has 1 amide bonds. The van der Waals surface area contributed by atoms with E-state index in [2.05, 4.69) is 15.9 Å². The van der Waals surface area contributed by atoms with E-state index in [0.29, 0.717) is 48.5 Å². The van der Waals surface area contributed by atoms with E-state index in [4.69, 9.17) is 16.3 Å². The number of benzene rings is 2. The zero-order valence-corrected chi connectivity index (χ0v) is 23.2. The number of aliphatic hydroxyl groups excluding tert-OH is 1. The number of carbonyl (C=O) groups is 1. The van der Waals surface area contributed by atoms with Crippen molar-refractivity contribution in [3.8, 4) is 29.2 Å². The molecule has 0 aliphatic carbocycles. The predicted molar refractivity (Wildman–Crippen MR) is 153 cm³/mol. The number of amides is 1. The normalized spacial score (nSPS) is 15.3. The van der Waals surface area contributed by atoms with Crippen molar-refractivity contribution < 1.29 is 23.4 Å². The lowest BCUT2D eigenvalue weighted by Crippen LogP contribution is -2.54. The first-order valence-corrected chi connectivity index (χ1v) is 13.4.